The van der Waals surface area contributed by atoms with E-state index in [9.17, 15) is 18.0 Å². The number of amides is 1. The van der Waals surface area contributed by atoms with Gasteiger partial charge in [0.05, 0.1) is 12.2 Å². The maximum absolute atomic E-state index is 12.5. The summed E-state index contributed by atoms with van der Waals surface area (Å²) in [5.74, 6) is -0.200. The minimum absolute atomic E-state index is 0.200. The molecule has 0 fully saturated rings. The van der Waals surface area contributed by atoms with E-state index < -0.39 is 11.7 Å². The predicted molar refractivity (Wildman–Crippen MR) is 87.5 cm³/mol. The number of hydrogen-bond acceptors (Lipinski definition) is 3. The topological polar surface area (TPSA) is 32.8 Å². The van der Waals surface area contributed by atoms with Crippen molar-refractivity contribution >= 4 is 12.0 Å². The first-order chi connectivity index (χ1) is 11.2. The van der Waals surface area contributed by atoms with Crippen LogP contribution in [0.2, 0.25) is 0 Å². The van der Waals surface area contributed by atoms with E-state index in [0.29, 0.717) is 31.8 Å². The second-order valence-electron chi connectivity index (χ2n) is 5.57. The quantitative estimate of drug-likeness (QED) is 0.680. The van der Waals surface area contributed by atoms with Gasteiger partial charge in [-0.05, 0) is 37.9 Å². The van der Waals surface area contributed by atoms with Crippen LogP contribution in [0.1, 0.15) is 11.1 Å². The van der Waals surface area contributed by atoms with Crippen molar-refractivity contribution < 1.29 is 22.7 Å². The molecule has 134 valence electrons. The van der Waals surface area contributed by atoms with E-state index in [0.717, 1.165) is 12.1 Å². The zero-order chi connectivity index (χ0) is 18.2. The van der Waals surface area contributed by atoms with Crippen molar-refractivity contribution in [3.63, 3.8) is 0 Å². The lowest BCUT2D eigenvalue weighted by atomic mass is 10.1. The summed E-state index contributed by atoms with van der Waals surface area (Å²) in [4.78, 5) is 15.9. The van der Waals surface area contributed by atoms with E-state index >= 15 is 0 Å². The number of carbonyl (C=O) groups excluding carboxylic acids is 1. The number of nitrogens with zero attached hydrogens (tertiary/aromatic N) is 2. The van der Waals surface area contributed by atoms with Crippen LogP contribution in [-0.2, 0) is 15.7 Å². The molecule has 0 spiro atoms. The normalized spacial score (nSPS) is 12.1. The number of methoxy groups -OCH3 is 1. The van der Waals surface area contributed by atoms with Gasteiger partial charge in [0.1, 0.15) is 0 Å². The molecule has 4 nitrogen and oxygen atoms in total. The lowest BCUT2D eigenvalue weighted by Crippen LogP contribution is -2.37. The molecule has 24 heavy (non-hydrogen) atoms. The van der Waals surface area contributed by atoms with Crippen LogP contribution in [0.25, 0.3) is 6.08 Å². The Morgan fingerprint density at radius 3 is 2.25 bits per heavy atom. The lowest BCUT2D eigenvalue weighted by Gasteiger charge is -2.22. The Balaban J connectivity index is 2.72. The van der Waals surface area contributed by atoms with E-state index in [4.69, 9.17) is 4.74 Å². The highest BCUT2D eigenvalue weighted by Gasteiger charge is 2.29. The highest BCUT2D eigenvalue weighted by atomic mass is 19.4. The average Bonchev–Trinajstić information content (AvgIpc) is 2.52. The number of hydrogen-bond donors (Lipinski definition) is 0. The molecule has 0 unspecified atom stereocenters. The van der Waals surface area contributed by atoms with Gasteiger partial charge >= 0.3 is 6.18 Å². The van der Waals surface area contributed by atoms with Gasteiger partial charge in [-0.3, -0.25) is 4.79 Å². The van der Waals surface area contributed by atoms with Crippen molar-refractivity contribution in [2.45, 2.75) is 6.18 Å². The number of likely N-dealkylation sites (N-methyl/N-ethyl adjacent to an activating group) is 1. The van der Waals surface area contributed by atoms with Crippen molar-refractivity contribution in [2.24, 2.45) is 0 Å². The average molecular weight is 344 g/mol. The molecule has 0 aliphatic carbocycles. The van der Waals surface area contributed by atoms with Crippen molar-refractivity contribution in [3.8, 4) is 0 Å². The molecule has 1 rings (SSSR count). The Morgan fingerprint density at radius 2 is 1.75 bits per heavy atom. The summed E-state index contributed by atoms with van der Waals surface area (Å²) < 4.78 is 42.5. The second kappa shape index (κ2) is 9.44. The molecule has 7 heteroatoms. The summed E-state index contributed by atoms with van der Waals surface area (Å²) >= 11 is 0. The Hall–Kier alpha value is -1.86. The maximum Gasteiger partial charge on any atom is 0.416 e. The second-order valence-corrected chi connectivity index (χ2v) is 5.57. The minimum Gasteiger partial charge on any atom is -0.383 e. The van der Waals surface area contributed by atoms with Crippen molar-refractivity contribution in [1.29, 1.82) is 0 Å². The number of carbonyl (C=O) groups is 1. The zero-order valence-electron chi connectivity index (χ0n) is 14.1. The standard InChI is InChI=1S/C17H23F3N2O2/c1-21(2)10-11-22(12-13-24-3)16(23)9-6-14-4-7-15(8-5-14)17(18,19)20/h4-9H,10-13H2,1-3H3. The van der Waals surface area contributed by atoms with Gasteiger partial charge in [0, 0.05) is 32.8 Å². The van der Waals surface area contributed by atoms with Crippen LogP contribution in [-0.4, -0.2) is 63.2 Å². The molecule has 0 saturated carbocycles. The third kappa shape index (κ3) is 7.14. The van der Waals surface area contributed by atoms with Gasteiger partial charge < -0.3 is 14.5 Å². The van der Waals surface area contributed by atoms with Gasteiger partial charge in [-0.1, -0.05) is 12.1 Å². The molecule has 0 atom stereocenters. The number of benzene rings is 1. The number of ether oxygens (including phenoxy) is 1. The molecule has 0 aliphatic rings. The summed E-state index contributed by atoms with van der Waals surface area (Å²) in [7, 11) is 5.39. The number of halogens is 3. The largest absolute Gasteiger partial charge is 0.416 e. The fraction of sp³-hybridized carbons (Fsp3) is 0.471. The fourth-order valence-electron chi connectivity index (χ4n) is 1.91. The summed E-state index contributed by atoms with van der Waals surface area (Å²) in [6.45, 7) is 2.14. The third-order valence-electron chi connectivity index (χ3n) is 3.35. The molecule has 0 bridgehead atoms. The molecule has 1 amide bonds. The highest BCUT2D eigenvalue weighted by molar-refractivity contribution is 5.91. The molecule has 1 aromatic rings. The monoisotopic (exact) mass is 344 g/mol. The first kappa shape index (κ1) is 20.2. The Labute approximate surface area is 140 Å². The van der Waals surface area contributed by atoms with Gasteiger partial charge in [-0.2, -0.15) is 13.2 Å². The summed E-state index contributed by atoms with van der Waals surface area (Å²) in [6.07, 6.45) is -1.48. The van der Waals surface area contributed by atoms with Crippen molar-refractivity contribution in [2.75, 3.05) is 47.4 Å². The molecule has 0 aliphatic heterocycles. The van der Waals surface area contributed by atoms with E-state index in [1.54, 1.807) is 12.0 Å². The molecule has 0 aromatic heterocycles. The van der Waals surface area contributed by atoms with Crippen LogP contribution >= 0.6 is 0 Å². The first-order valence-corrected chi connectivity index (χ1v) is 7.52. The van der Waals surface area contributed by atoms with Gasteiger partial charge in [0.25, 0.3) is 0 Å². The molecular weight excluding hydrogens is 321 g/mol. The van der Waals surface area contributed by atoms with Crippen molar-refractivity contribution in [1.82, 2.24) is 9.80 Å². The van der Waals surface area contributed by atoms with E-state index in [-0.39, 0.29) is 5.91 Å². The van der Waals surface area contributed by atoms with E-state index in [1.807, 2.05) is 19.0 Å². The van der Waals surface area contributed by atoms with Crippen LogP contribution in [0.5, 0.6) is 0 Å². The Morgan fingerprint density at radius 1 is 1.12 bits per heavy atom. The van der Waals surface area contributed by atoms with E-state index in [1.165, 1.54) is 24.3 Å². The van der Waals surface area contributed by atoms with Crippen LogP contribution in [0.4, 0.5) is 13.2 Å². The van der Waals surface area contributed by atoms with Crippen LogP contribution < -0.4 is 0 Å². The molecular formula is C17H23F3N2O2. The minimum atomic E-state index is -4.36. The maximum atomic E-state index is 12.5. The van der Waals surface area contributed by atoms with Gasteiger partial charge in [0.15, 0.2) is 0 Å². The number of rotatable bonds is 8. The smallest absolute Gasteiger partial charge is 0.383 e. The van der Waals surface area contributed by atoms with Crippen LogP contribution in [0, 0.1) is 0 Å². The zero-order valence-corrected chi connectivity index (χ0v) is 14.1. The predicted octanol–water partition coefficient (Wildman–Crippen LogP) is 2.76. The summed E-state index contributed by atoms with van der Waals surface area (Å²) in [5.41, 5.74) is -0.172. The van der Waals surface area contributed by atoms with Crippen molar-refractivity contribution in [3.05, 3.63) is 41.5 Å². The molecule has 0 saturated heterocycles. The van der Waals surface area contributed by atoms with Gasteiger partial charge in [0.2, 0.25) is 5.91 Å². The number of alkyl halides is 3. The molecule has 0 heterocycles. The first-order valence-electron chi connectivity index (χ1n) is 7.52. The Kier molecular flexibility index (Phi) is 7.94. The molecule has 1 aromatic carbocycles. The molecule has 0 N–H and O–H groups in total. The lowest BCUT2D eigenvalue weighted by molar-refractivity contribution is -0.137. The van der Waals surface area contributed by atoms with Gasteiger partial charge in [-0.15, -0.1) is 0 Å². The van der Waals surface area contributed by atoms with Crippen LogP contribution in [0.3, 0.4) is 0 Å². The van der Waals surface area contributed by atoms with E-state index in [2.05, 4.69) is 0 Å². The van der Waals surface area contributed by atoms with Crippen LogP contribution in [0.15, 0.2) is 30.3 Å². The van der Waals surface area contributed by atoms with Gasteiger partial charge in [-0.25, -0.2) is 0 Å². The fourth-order valence-corrected chi connectivity index (χ4v) is 1.91. The Bertz CT molecular complexity index is 540. The molecule has 0 radical (unpaired) electrons. The summed E-state index contributed by atoms with van der Waals surface area (Å²) in [6, 6.07) is 4.68. The summed E-state index contributed by atoms with van der Waals surface area (Å²) in [5, 5.41) is 0. The highest BCUT2D eigenvalue weighted by Crippen LogP contribution is 2.29. The third-order valence-corrected chi connectivity index (χ3v) is 3.35. The SMILES string of the molecule is COCCN(CCN(C)C)C(=O)C=Cc1ccc(C(F)(F)F)cc1.